The smallest absolute Gasteiger partial charge is 0.174 e. The van der Waals surface area contributed by atoms with Crippen molar-refractivity contribution in [2.45, 2.75) is 0 Å². The maximum absolute atomic E-state index is 13.3. The Morgan fingerprint density at radius 1 is 1.25 bits per heavy atom. The maximum Gasteiger partial charge on any atom is 0.174 e. The van der Waals surface area contributed by atoms with E-state index in [9.17, 15) is 9.50 Å². The van der Waals surface area contributed by atoms with Crippen molar-refractivity contribution < 1.29 is 9.50 Å². The van der Waals surface area contributed by atoms with Gasteiger partial charge < -0.3 is 20.6 Å². The van der Waals surface area contributed by atoms with E-state index in [0.717, 1.165) is 31.9 Å². The second kappa shape index (κ2) is 4.17. The highest BCUT2D eigenvalue weighted by Crippen LogP contribution is 2.30. The zero-order valence-corrected chi connectivity index (χ0v) is 9.28. The number of aromatic hydroxyl groups is 1. The van der Waals surface area contributed by atoms with Crippen molar-refractivity contribution in [3.8, 4) is 5.75 Å². The number of hydrogen-bond donors (Lipinski definition) is 2. The van der Waals surface area contributed by atoms with Gasteiger partial charge in [-0.25, -0.2) is 4.39 Å². The third-order valence-electron chi connectivity index (χ3n) is 2.95. The Bertz CT molecular complexity index is 366. The summed E-state index contributed by atoms with van der Waals surface area (Å²) >= 11 is 0. The van der Waals surface area contributed by atoms with E-state index in [1.54, 1.807) is 6.07 Å². The Hall–Kier alpha value is -1.49. The van der Waals surface area contributed by atoms with Gasteiger partial charge in [0.2, 0.25) is 0 Å². The number of phenolic OH excluding ortho intramolecular Hbond substituents is 1. The standard InChI is InChI=1S/C11H16FN3O/c1-14-2-4-15(5-3-14)8-6-9(12)11(16)10(13)7-8/h6-7,16H,2-5,13H2,1H3. The molecule has 1 aliphatic heterocycles. The van der Waals surface area contributed by atoms with Crippen molar-refractivity contribution in [3.63, 3.8) is 0 Å². The van der Waals surface area contributed by atoms with Crippen LogP contribution in [0.4, 0.5) is 15.8 Å². The summed E-state index contributed by atoms with van der Waals surface area (Å²) in [5.74, 6) is -1.12. The predicted octanol–water partition coefficient (Wildman–Crippen LogP) is 0.865. The summed E-state index contributed by atoms with van der Waals surface area (Å²) in [6, 6.07) is 2.95. The minimum Gasteiger partial charge on any atom is -0.503 e. The van der Waals surface area contributed by atoms with Gasteiger partial charge in [-0.15, -0.1) is 0 Å². The number of likely N-dealkylation sites (N-methyl/N-ethyl adjacent to an activating group) is 1. The van der Waals surface area contributed by atoms with Gasteiger partial charge in [-0.05, 0) is 13.1 Å². The Morgan fingerprint density at radius 2 is 1.88 bits per heavy atom. The third kappa shape index (κ3) is 2.04. The molecule has 1 saturated heterocycles. The quantitative estimate of drug-likeness (QED) is 0.550. The molecule has 0 aliphatic carbocycles. The number of nitrogens with two attached hydrogens (primary N) is 1. The lowest BCUT2D eigenvalue weighted by molar-refractivity contribution is 0.312. The molecule has 0 unspecified atom stereocenters. The normalized spacial score (nSPS) is 17.8. The van der Waals surface area contributed by atoms with Crippen LogP contribution in [0.2, 0.25) is 0 Å². The number of piperazine rings is 1. The molecule has 1 fully saturated rings. The SMILES string of the molecule is CN1CCN(c2cc(N)c(O)c(F)c2)CC1. The first-order valence-electron chi connectivity index (χ1n) is 5.29. The molecule has 16 heavy (non-hydrogen) atoms. The third-order valence-corrected chi connectivity index (χ3v) is 2.95. The summed E-state index contributed by atoms with van der Waals surface area (Å²) in [7, 11) is 2.06. The minimum absolute atomic E-state index is 0.0916. The molecule has 0 amide bonds. The summed E-state index contributed by atoms with van der Waals surface area (Å²) in [5, 5.41) is 9.24. The highest BCUT2D eigenvalue weighted by molar-refractivity contribution is 5.63. The maximum atomic E-state index is 13.3. The Kier molecular flexibility index (Phi) is 2.87. The van der Waals surface area contributed by atoms with Crippen LogP contribution in [0.25, 0.3) is 0 Å². The molecule has 1 heterocycles. The number of benzene rings is 1. The summed E-state index contributed by atoms with van der Waals surface area (Å²) < 4.78 is 13.3. The zero-order chi connectivity index (χ0) is 11.7. The van der Waals surface area contributed by atoms with Gasteiger partial charge in [-0.3, -0.25) is 0 Å². The molecule has 0 radical (unpaired) electrons. The average Bonchev–Trinajstić information content (AvgIpc) is 2.26. The van der Waals surface area contributed by atoms with Crippen LogP contribution < -0.4 is 10.6 Å². The molecule has 0 saturated carbocycles. The zero-order valence-electron chi connectivity index (χ0n) is 9.28. The van der Waals surface area contributed by atoms with E-state index >= 15 is 0 Å². The van der Waals surface area contributed by atoms with Crippen LogP contribution in [0.5, 0.6) is 5.75 Å². The lowest BCUT2D eigenvalue weighted by atomic mass is 10.2. The lowest BCUT2D eigenvalue weighted by Crippen LogP contribution is -2.44. The van der Waals surface area contributed by atoms with Crippen LogP contribution in [0, 0.1) is 5.82 Å². The Balaban J connectivity index is 2.21. The van der Waals surface area contributed by atoms with Crippen molar-refractivity contribution in [3.05, 3.63) is 17.9 Å². The summed E-state index contributed by atoms with van der Waals surface area (Å²) in [6.07, 6.45) is 0. The van der Waals surface area contributed by atoms with Gasteiger partial charge >= 0.3 is 0 Å². The van der Waals surface area contributed by atoms with E-state index in [-0.39, 0.29) is 5.69 Å². The molecular formula is C11H16FN3O. The first kappa shape index (κ1) is 11.0. The fraction of sp³-hybridized carbons (Fsp3) is 0.455. The largest absolute Gasteiger partial charge is 0.503 e. The lowest BCUT2D eigenvalue weighted by Gasteiger charge is -2.34. The van der Waals surface area contributed by atoms with Crippen molar-refractivity contribution in [2.24, 2.45) is 0 Å². The number of nitrogen functional groups attached to an aromatic ring is 1. The highest BCUT2D eigenvalue weighted by Gasteiger charge is 2.16. The number of hydrogen-bond acceptors (Lipinski definition) is 4. The van der Waals surface area contributed by atoms with Gasteiger partial charge in [0.15, 0.2) is 11.6 Å². The van der Waals surface area contributed by atoms with Crippen LogP contribution >= 0.6 is 0 Å². The average molecular weight is 225 g/mol. The number of anilines is 2. The van der Waals surface area contributed by atoms with Crippen molar-refractivity contribution in [1.29, 1.82) is 0 Å². The molecular weight excluding hydrogens is 209 g/mol. The van der Waals surface area contributed by atoms with Gasteiger partial charge in [0.25, 0.3) is 0 Å². The molecule has 88 valence electrons. The fourth-order valence-corrected chi connectivity index (χ4v) is 1.85. The Morgan fingerprint density at radius 3 is 2.44 bits per heavy atom. The minimum atomic E-state index is -0.658. The van der Waals surface area contributed by atoms with E-state index in [0.29, 0.717) is 0 Å². The van der Waals surface area contributed by atoms with Gasteiger partial charge in [-0.2, -0.15) is 0 Å². The molecule has 1 aromatic carbocycles. The summed E-state index contributed by atoms with van der Waals surface area (Å²) in [4.78, 5) is 4.29. The summed E-state index contributed by atoms with van der Waals surface area (Å²) in [5.41, 5.74) is 6.36. The van der Waals surface area contributed by atoms with Crippen molar-refractivity contribution in [1.82, 2.24) is 4.90 Å². The van der Waals surface area contributed by atoms with Crippen molar-refractivity contribution >= 4 is 11.4 Å². The van der Waals surface area contributed by atoms with E-state index in [1.807, 2.05) is 0 Å². The van der Waals surface area contributed by atoms with Crippen LogP contribution in [0.3, 0.4) is 0 Å². The first-order chi connectivity index (χ1) is 7.58. The molecule has 1 aliphatic rings. The second-order valence-corrected chi connectivity index (χ2v) is 4.16. The molecule has 5 heteroatoms. The predicted molar refractivity (Wildman–Crippen MR) is 62.2 cm³/mol. The van der Waals surface area contributed by atoms with Gasteiger partial charge in [0, 0.05) is 37.9 Å². The highest BCUT2D eigenvalue weighted by atomic mass is 19.1. The van der Waals surface area contributed by atoms with Gasteiger partial charge in [-0.1, -0.05) is 0 Å². The number of halogens is 1. The molecule has 4 nitrogen and oxygen atoms in total. The second-order valence-electron chi connectivity index (χ2n) is 4.16. The topological polar surface area (TPSA) is 52.7 Å². The van der Waals surface area contributed by atoms with Crippen LogP contribution in [-0.2, 0) is 0 Å². The molecule has 2 rings (SSSR count). The van der Waals surface area contributed by atoms with Crippen LogP contribution in [0.1, 0.15) is 0 Å². The van der Waals surface area contributed by atoms with E-state index in [4.69, 9.17) is 5.73 Å². The van der Waals surface area contributed by atoms with E-state index in [2.05, 4.69) is 16.8 Å². The van der Waals surface area contributed by atoms with Gasteiger partial charge in [0.05, 0.1) is 5.69 Å². The molecule has 0 atom stereocenters. The number of rotatable bonds is 1. The molecule has 0 spiro atoms. The molecule has 1 aromatic rings. The molecule has 0 bridgehead atoms. The monoisotopic (exact) mass is 225 g/mol. The Labute approximate surface area is 94.1 Å². The summed E-state index contributed by atoms with van der Waals surface area (Å²) in [6.45, 7) is 3.59. The first-order valence-corrected chi connectivity index (χ1v) is 5.29. The van der Waals surface area contributed by atoms with Crippen molar-refractivity contribution in [2.75, 3.05) is 43.9 Å². The van der Waals surface area contributed by atoms with E-state index in [1.165, 1.54) is 6.07 Å². The molecule has 0 aromatic heterocycles. The molecule has 3 N–H and O–H groups in total. The van der Waals surface area contributed by atoms with E-state index < -0.39 is 11.6 Å². The fourth-order valence-electron chi connectivity index (χ4n) is 1.85. The van der Waals surface area contributed by atoms with Crippen LogP contribution in [-0.4, -0.2) is 43.2 Å². The van der Waals surface area contributed by atoms with Gasteiger partial charge in [0.1, 0.15) is 0 Å². The van der Waals surface area contributed by atoms with Crippen LogP contribution in [0.15, 0.2) is 12.1 Å². The number of nitrogens with zero attached hydrogens (tertiary/aromatic N) is 2. The number of phenols is 1.